The molecule has 0 saturated heterocycles. The second-order valence-corrected chi connectivity index (χ2v) is 4.62. The van der Waals surface area contributed by atoms with Crippen molar-refractivity contribution in [2.45, 2.75) is 25.3 Å². The van der Waals surface area contributed by atoms with Crippen LogP contribution in [0.1, 0.15) is 18.1 Å². The second-order valence-electron chi connectivity index (χ2n) is 4.62. The lowest BCUT2D eigenvalue weighted by Gasteiger charge is -2.19. The number of nitrogens with two attached hydrogens (primary N) is 1. The molecule has 1 amide bonds. The van der Waals surface area contributed by atoms with Crippen molar-refractivity contribution in [2.75, 3.05) is 5.32 Å². The van der Waals surface area contributed by atoms with E-state index in [0.717, 1.165) is 16.8 Å². The van der Waals surface area contributed by atoms with Gasteiger partial charge in [-0.3, -0.25) is 9.59 Å². The number of hydrogen-bond donors (Lipinski definition) is 3. The fourth-order valence-electron chi connectivity index (χ4n) is 1.89. The average molecular weight is 234 g/mol. The summed E-state index contributed by atoms with van der Waals surface area (Å²) in [5, 5.41) is 11.7. The Labute approximate surface area is 98.6 Å². The number of fused-ring (bicyclic) bond motifs is 1. The van der Waals surface area contributed by atoms with Gasteiger partial charge in [0.1, 0.15) is 5.54 Å². The van der Waals surface area contributed by atoms with E-state index in [9.17, 15) is 9.59 Å². The summed E-state index contributed by atoms with van der Waals surface area (Å²) >= 11 is 0. The smallest absolute Gasteiger partial charge is 0.323 e. The summed E-state index contributed by atoms with van der Waals surface area (Å²) in [6.07, 6.45) is 0.585. The third-order valence-corrected chi connectivity index (χ3v) is 2.85. The van der Waals surface area contributed by atoms with Crippen molar-refractivity contribution in [3.8, 4) is 0 Å². The maximum absolute atomic E-state index is 11.2. The van der Waals surface area contributed by atoms with E-state index >= 15 is 0 Å². The number of amides is 1. The molecule has 17 heavy (non-hydrogen) atoms. The number of carboxylic acid groups (broad SMARTS) is 1. The summed E-state index contributed by atoms with van der Waals surface area (Å²) in [7, 11) is 0. The van der Waals surface area contributed by atoms with Crippen molar-refractivity contribution in [3.63, 3.8) is 0 Å². The molecular weight excluding hydrogens is 220 g/mol. The molecule has 0 aromatic heterocycles. The molecule has 1 atom stereocenters. The largest absolute Gasteiger partial charge is 0.480 e. The Morgan fingerprint density at radius 1 is 1.59 bits per heavy atom. The number of benzene rings is 1. The Kier molecular flexibility index (Phi) is 2.63. The van der Waals surface area contributed by atoms with Gasteiger partial charge < -0.3 is 16.2 Å². The van der Waals surface area contributed by atoms with Crippen LogP contribution in [-0.2, 0) is 22.4 Å². The number of aliphatic carboxylic acids is 1. The van der Waals surface area contributed by atoms with Gasteiger partial charge >= 0.3 is 5.97 Å². The SMILES string of the molecule is CC(N)(Cc1ccc2c(c1)CC(=O)N2)C(=O)O. The zero-order chi connectivity index (χ0) is 12.6. The van der Waals surface area contributed by atoms with Crippen LogP contribution < -0.4 is 11.1 Å². The Balaban J connectivity index is 2.22. The predicted octanol–water partition coefficient (Wildman–Crippen LogP) is 0.526. The molecule has 90 valence electrons. The van der Waals surface area contributed by atoms with E-state index in [1.807, 2.05) is 6.07 Å². The van der Waals surface area contributed by atoms with E-state index in [1.165, 1.54) is 6.92 Å². The van der Waals surface area contributed by atoms with E-state index in [-0.39, 0.29) is 12.3 Å². The molecule has 0 saturated carbocycles. The van der Waals surface area contributed by atoms with Crippen LogP contribution in [-0.4, -0.2) is 22.5 Å². The van der Waals surface area contributed by atoms with Gasteiger partial charge in [0.25, 0.3) is 0 Å². The van der Waals surface area contributed by atoms with Crippen LogP contribution in [0, 0.1) is 0 Å². The molecule has 1 aromatic carbocycles. The molecule has 5 nitrogen and oxygen atoms in total. The highest BCUT2D eigenvalue weighted by molar-refractivity contribution is 5.99. The Hall–Kier alpha value is -1.88. The van der Waals surface area contributed by atoms with Gasteiger partial charge in [0, 0.05) is 12.1 Å². The lowest BCUT2D eigenvalue weighted by atomic mass is 9.93. The zero-order valence-electron chi connectivity index (χ0n) is 9.49. The molecule has 1 aromatic rings. The van der Waals surface area contributed by atoms with E-state index in [4.69, 9.17) is 10.8 Å². The van der Waals surface area contributed by atoms with Crippen LogP contribution in [0.5, 0.6) is 0 Å². The van der Waals surface area contributed by atoms with Gasteiger partial charge in [-0.1, -0.05) is 12.1 Å². The first-order valence-corrected chi connectivity index (χ1v) is 5.32. The molecule has 1 aliphatic rings. The maximum atomic E-state index is 11.2. The number of nitrogens with one attached hydrogen (secondary N) is 1. The summed E-state index contributed by atoms with van der Waals surface area (Å²) in [5.74, 6) is -1.07. The first-order chi connectivity index (χ1) is 7.88. The lowest BCUT2D eigenvalue weighted by Crippen LogP contribution is -2.46. The molecule has 1 unspecified atom stereocenters. The molecule has 0 radical (unpaired) electrons. The van der Waals surface area contributed by atoms with Gasteiger partial charge in [0.2, 0.25) is 5.91 Å². The number of carbonyl (C=O) groups excluding carboxylic acids is 1. The summed E-state index contributed by atoms with van der Waals surface area (Å²) in [5.41, 5.74) is 6.92. The number of anilines is 1. The fourth-order valence-corrected chi connectivity index (χ4v) is 1.89. The quantitative estimate of drug-likeness (QED) is 0.711. The van der Waals surface area contributed by atoms with Gasteiger partial charge in [-0.15, -0.1) is 0 Å². The Morgan fingerprint density at radius 2 is 2.29 bits per heavy atom. The minimum Gasteiger partial charge on any atom is -0.480 e. The predicted molar refractivity (Wildman–Crippen MR) is 62.7 cm³/mol. The maximum Gasteiger partial charge on any atom is 0.323 e. The number of hydrogen-bond acceptors (Lipinski definition) is 3. The minimum absolute atomic E-state index is 0.0362. The standard InChI is InChI=1S/C12H14N2O3/c1-12(13,11(16)17)6-7-2-3-9-8(4-7)5-10(15)14-9/h2-4H,5-6,13H2,1H3,(H,14,15)(H,16,17). The van der Waals surface area contributed by atoms with Crippen LogP contribution in [0.3, 0.4) is 0 Å². The molecule has 5 heteroatoms. The fraction of sp³-hybridized carbons (Fsp3) is 0.333. The molecule has 0 aliphatic carbocycles. The Morgan fingerprint density at radius 3 is 2.94 bits per heavy atom. The molecule has 0 spiro atoms. The van der Waals surface area contributed by atoms with Crippen molar-refractivity contribution < 1.29 is 14.7 Å². The molecule has 4 N–H and O–H groups in total. The highest BCUT2D eigenvalue weighted by atomic mass is 16.4. The molecule has 1 aliphatic heterocycles. The van der Waals surface area contributed by atoms with Crippen LogP contribution >= 0.6 is 0 Å². The van der Waals surface area contributed by atoms with E-state index in [1.54, 1.807) is 12.1 Å². The second kappa shape index (κ2) is 3.85. The number of carbonyl (C=O) groups is 2. The average Bonchev–Trinajstić information content (AvgIpc) is 2.56. The normalized spacial score (nSPS) is 17.2. The number of rotatable bonds is 3. The van der Waals surface area contributed by atoms with E-state index in [0.29, 0.717) is 6.42 Å². The minimum atomic E-state index is -1.29. The third kappa shape index (κ3) is 2.29. The zero-order valence-corrected chi connectivity index (χ0v) is 9.49. The van der Waals surface area contributed by atoms with Crippen molar-refractivity contribution in [2.24, 2.45) is 5.73 Å². The van der Waals surface area contributed by atoms with E-state index in [2.05, 4.69) is 5.32 Å². The van der Waals surface area contributed by atoms with Gasteiger partial charge in [0.15, 0.2) is 0 Å². The lowest BCUT2D eigenvalue weighted by molar-refractivity contribution is -0.142. The third-order valence-electron chi connectivity index (χ3n) is 2.85. The monoisotopic (exact) mass is 234 g/mol. The van der Waals surface area contributed by atoms with Gasteiger partial charge in [-0.25, -0.2) is 0 Å². The van der Waals surface area contributed by atoms with Crippen molar-refractivity contribution in [3.05, 3.63) is 29.3 Å². The molecule has 0 bridgehead atoms. The van der Waals surface area contributed by atoms with Crippen LogP contribution in [0.15, 0.2) is 18.2 Å². The summed E-state index contributed by atoms with van der Waals surface area (Å²) in [4.78, 5) is 22.1. The highest BCUT2D eigenvalue weighted by Crippen LogP contribution is 2.25. The van der Waals surface area contributed by atoms with E-state index < -0.39 is 11.5 Å². The topological polar surface area (TPSA) is 92.4 Å². The van der Waals surface area contributed by atoms with Crippen molar-refractivity contribution in [1.82, 2.24) is 0 Å². The van der Waals surface area contributed by atoms with Crippen LogP contribution in [0.25, 0.3) is 0 Å². The summed E-state index contributed by atoms with van der Waals surface area (Å²) in [6.45, 7) is 1.48. The first kappa shape index (κ1) is 11.6. The molecule has 2 rings (SSSR count). The summed E-state index contributed by atoms with van der Waals surface area (Å²) in [6, 6.07) is 5.41. The van der Waals surface area contributed by atoms with Crippen LogP contribution in [0.2, 0.25) is 0 Å². The first-order valence-electron chi connectivity index (χ1n) is 5.32. The summed E-state index contributed by atoms with van der Waals surface area (Å²) < 4.78 is 0. The van der Waals surface area contributed by atoms with Gasteiger partial charge in [0.05, 0.1) is 6.42 Å². The van der Waals surface area contributed by atoms with Crippen molar-refractivity contribution >= 4 is 17.6 Å². The molecule has 0 fully saturated rings. The molecular formula is C12H14N2O3. The van der Waals surface area contributed by atoms with Crippen molar-refractivity contribution in [1.29, 1.82) is 0 Å². The highest BCUT2D eigenvalue weighted by Gasteiger charge is 2.28. The number of carboxylic acids is 1. The van der Waals surface area contributed by atoms with Crippen LogP contribution in [0.4, 0.5) is 5.69 Å². The van der Waals surface area contributed by atoms with Gasteiger partial charge in [-0.05, 0) is 24.1 Å². The van der Waals surface area contributed by atoms with Gasteiger partial charge in [-0.2, -0.15) is 0 Å². The Bertz CT molecular complexity index is 495. The molecule has 1 heterocycles.